The maximum atomic E-state index is 9.45. The minimum absolute atomic E-state index is 0.163. The summed E-state index contributed by atoms with van der Waals surface area (Å²) in [5.74, 6) is 0.721. The van der Waals surface area contributed by atoms with Crippen molar-refractivity contribution in [1.82, 2.24) is 0 Å². The van der Waals surface area contributed by atoms with Gasteiger partial charge in [0.05, 0.1) is 12.1 Å². The Labute approximate surface area is 82.1 Å². The van der Waals surface area contributed by atoms with E-state index in [9.17, 15) is 5.11 Å². The topological polar surface area (TPSA) is 55.5 Å². The van der Waals surface area contributed by atoms with Crippen LogP contribution in [0.1, 0.15) is 5.56 Å². The van der Waals surface area contributed by atoms with Crippen LogP contribution in [0.25, 0.3) is 0 Å². The zero-order chi connectivity index (χ0) is 9.84. The summed E-state index contributed by atoms with van der Waals surface area (Å²) in [4.78, 5) is 0. The molecule has 0 bridgehead atoms. The number of phenolic OH excluding ortho intramolecular Hbond substituents is 1. The molecule has 1 rings (SSSR count). The Morgan fingerprint density at radius 2 is 2.23 bits per heavy atom. The van der Waals surface area contributed by atoms with E-state index in [1.54, 1.807) is 6.07 Å². The molecule has 1 aromatic carbocycles. The lowest BCUT2D eigenvalue weighted by molar-refractivity contribution is 0.411. The number of aromatic hydroxyl groups is 1. The molecule has 0 unspecified atom stereocenters. The molecule has 4 heteroatoms. The second kappa shape index (κ2) is 4.35. The molecule has 0 atom stereocenters. The van der Waals surface area contributed by atoms with Crippen LogP contribution >= 0.6 is 11.6 Å². The second-order valence-electron chi connectivity index (χ2n) is 2.65. The van der Waals surface area contributed by atoms with Crippen molar-refractivity contribution in [3.8, 4) is 11.5 Å². The van der Waals surface area contributed by atoms with Gasteiger partial charge in [-0.05, 0) is 24.6 Å². The number of nitrogens with two attached hydrogens (primary N) is 1. The lowest BCUT2D eigenvalue weighted by atomic mass is 10.1. The van der Waals surface area contributed by atoms with Gasteiger partial charge in [-0.1, -0.05) is 11.6 Å². The Morgan fingerprint density at radius 1 is 1.54 bits per heavy atom. The van der Waals surface area contributed by atoms with Crippen LogP contribution in [-0.4, -0.2) is 18.8 Å². The molecule has 1 aromatic rings. The molecule has 0 saturated carbocycles. The summed E-state index contributed by atoms with van der Waals surface area (Å²) in [7, 11) is 1.53. The number of hydrogen-bond donors (Lipinski definition) is 2. The molecule has 3 nitrogen and oxygen atoms in total. The molecular formula is C9H12ClNO2. The number of rotatable bonds is 3. The maximum Gasteiger partial charge on any atom is 0.137 e. The van der Waals surface area contributed by atoms with Crippen molar-refractivity contribution in [3.63, 3.8) is 0 Å². The van der Waals surface area contributed by atoms with Crippen molar-refractivity contribution >= 4 is 11.6 Å². The predicted molar refractivity (Wildman–Crippen MR) is 52.4 cm³/mol. The molecule has 0 fully saturated rings. The van der Waals surface area contributed by atoms with E-state index >= 15 is 0 Å². The number of methoxy groups -OCH3 is 1. The lowest BCUT2D eigenvalue weighted by Crippen LogP contribution is -2.03. The molecule has 13 heavy (non-hydrogen) atoms. The molecule has 72 valence electrons. The summed E-state index contributed by atoms with van der Waals surface area (Å²) in [5, 5.41) is 9.85. The summed E-state index contributed by atoms with van der Waals surface area (Å²) in [5.41, 5.74) is 6.13. The third kappa shape index (κ3) is 2.26. The van der Waals surface area contributed by atoms with Gasteiger partial charge in [0.25, 0.3) is 0 Å². The van der Waals surface area contributed by atoms with Crippen molar-refractivity contribution in [3.05, 3.63) is 22.7 Å². The highest BCUT2D eigenvalue weighted by Gasteiger charge is 2.07. The van der Waals surface area contributed by atoms with Gasteiger partial charge in [0.2, 0.25) is 0 Å². The monoisotopic (exact) mass is 201 g/mol. The summed E-state index contributed by atoms with van der Waals surface area (Å²) in [6.07, 6.45) is 0.610. The Balaban J connectivity index is 3.06. The average molecular weight is 202 g/mol. The van der Waals surface area contributed by atoms with Gasteiger partial charge in [0.1, 0.15) is 11.5 Å². The van der Waals surface area contributed by atoms with Gasteiger partial charge in [0, 0.05) is 6.07 Å². The molecule has 3 N–H and O–H groups in total. The zero-order valence-corrected chi connectivity index (χ0v) is 8.14. The van der Waals surface area contributed by atoms with Crippen LogP contribution in [0, 0.1) is 0 Å². The Bertz CT molecular complexity index is 302. The molecule has 0 aliphatic rings. The van der Waals surface area contributed by atoms with E-state index in [0.29, 0.717) is 23.7 Å². The average Bonchev–Trinajstić information content (AvgIpc) is 2.10. The van der Waals surface area contributed by atoms with Crippen molar-refractivity contribution in [2.75, 3.05) is 13.7 Å². The highest BCUT2D eigenvalue weighted by atomic mass is 35.5. The molecule has 0 radical (unpaired) electrons. The molecule has 0 amide bonds. The van der Waals surface area contributed by atoms with Crippen LogP contribution in [0.15, 0.2) is 12.1 Å². The van der Waals surface area contributed by atoms with Crippen LogP contribution in [-0.2, 0) is 6.42 Å². The first-order valence-corrected chi connectivity index (χ1v) is 4.32. The second-order valence-corrected chi connectivity index (χ2v) is 3.06. The van der Waals surface area contributed by atoms with Gasteiger partial charge in [-0.3, -0.25) is 0 Å². The fourth-order valence-corrected chi connectivity index (χ4v) is 1.33. The molecule has 0 aliphatic heterocycles. The normalized spacial score (nSPS) is 10.1. The molecule has 0 saturated heterocycles. The van der Waals surface area contributed by atoms with Crippen LogP contribution in [0.2, 0.25) is 5.02 Å². The minimum atomic E-state index is 0.163. The summed E-state index contributed by atoms with van der Waals surface area (Å²) in [6, 6.07) is 3.16. The smallest absolute Gasteiger partial charge is 0.137 e. The van der Waals surface area contributed by atoms with Crippen molar-refractivity contribution < 1.29 is 9.84 Å². The Kier molecular flexibility index (Phi) is 3.39. The summed E-state index contributed by atoms with van der Waals surface area (Å²) < 4.78 is 5.00. The fourth-order valence-electron chi connectivity index (χ4n) is 1.10. The van der Waals surface area contributed by atoms with E-state index in [0.717, 1.165) is 5.56 Å². The standard InChI is InChI=1S/C9H12ClNO2/c1-13-9-4-6(2-3-11)8(12)5-7(9)10/h4-5,12H,2-3,11H2,1H3. The van der Waals surface area contributed by atoms with Crippen LogP contribution in [0.5, 0.6) is 11.5 Å². The number of halogens is 1. The van der Waals surface area contributed by atoms with Gasteiger partial charge in [-0.15, -0.1) is 0 Å². The first kappa shape index (κ1) is 10.2. The van der Waals surface area contributed by atoms with E-state index in [-0.39, 0.29) is 5.75 Å². The fraction of sp³-hybridized carbons (Fsp3) is 0.333. The minimum Gasteiger partial charge on any atom is -0.508 e. The van der Waals surface area contributed by atoms with Gasteiger partial charge in [-0.25, -0.2) is 0 Å². The molecule has 0 aromatic heterocycles. The number of ether oxygens (including phenoxy) is 1. The quantitative estimate of drug-likeness (QED) is 0.781. The summed E-state index contributed by atoms with van der Waals surface area (Å²) in [6.45, 7) is 0.484. The molecule has 0 spiro atoms. The van der Waals surface area contributed by atoms with Crippen LogP contribution in [0.4, 0.5) is 0 Å². The highest BCUT2D eigenvalue weighted by Crippen LogP contribution is 2.31. The number of phenols is 1. The molecular weight excluding hydrogens is 190 g/mol. The first-order chi connectivity index (χ1) is 6.19. The first-order valence-electron chi connectivity index (χ1n) is 3.94. The Morgan fingerprint density at radius 3 is 2.77 bits per heavy atom. The zero-order valence-electron chi connectivity index (χ0n) is 7.38. The molecule has 0 heterocycles. The number of benzene rings is 1. The Hall–Kier alpha value is -0.930. The highest BCUT2D eigenvalue weighted by molar-refractivity contribution is 6.32. The van der Waals surface area contributed by atoms with Crippen molar-refractivity contribution in [2.24, 2.45) is 5.73 Å². The van der Waals surface area contributed by atoms with Crippen molar-refractivity contribution in [2.45, 2.75) is 6.42 Å². The van der Waals surface area contributed by atoms with Crippen LogP contribution < -0.4 is 10.5 Å². The maximum absolute atomic E-state index is 9.45. The SMILES string of the molecule is COc1cc(CCN)c(O)cc1Cl. The van der Waals surface area contributed by atoms with E-state index in [2.05, 4.69) is 0 Å². The van der Waals surface area contributed by atoms with E-state index in [1.807, 2.05) is 0 Å². The van der Waals surface area contributed by atoms with E-state index in [1.165, 1.54) is 13.2 Å². The van der Waals surface area contributed by atoms with E-state index < -0.39 is 0 Å². The number of hydrogen-bond acceptors (Lipinski definition) is 3. The van der Waals surface area contributed by atoms with E-state index in [4.69, 9.17) is 22.1 Å². The van der Waals surface area contributed by atoms with Gasteiger partial charge >= 0.3 is 0 Å². The van der Waals surface area contributed by atoms with Crippen molar-refractivity contribution in [1.29, 1.82) is 0 Å². The largest absolute Gasteiger partial charge is 0.508 e. The van der Waals surface area contributed by atoms with Crippen LogP contribution in [0.3, 0.4) is 0 Å². The van der Waals surface area contributed by atoms with Gasteiger partial charge in [-0.2, -0.15) is 0 Å². The third-order valence-corrected chi connectivity index (χ3v) is 2.06. The molecule has 0 aliphatic carbocycles. The van der Waals surface area contributed by atoms with Gasteiger partial charge in [0.15, 0.2) is 0 Å². The third-order valence-electron chi connectivity index (χ3n) is 1.77. The van der Waals surface area contributed by atoms with Gasteiger partial charge < -0.3 is 15.6 Å². The summed E-state index contributed by atoms with van der Waals surface area (Å²) >= 11 is 5.79. The predicted octanol–water partition coefficient (Wildman–Crippen LogP) is 1.56. The lowest BCUT2D eigenvalue weighted by Gasteiger charge is -2.07.